The van der Waals surface area contributed by atoms with E-state index in [2.05, 4.69) is 5.48 Å². The second-order valence-corrected chi connectivity index (χ2v) is 3.91. The van der Waals surface area contributed by atoms with E-state index in [0.29, 0.717) is 13.1 Å². The molecule has 0 aromatic carbocycles. The van der Waals surface area contributed by atoms with Gasteiger partial charge in [0.1, 0.15) is 12.3 Å². The molecule has 76 valence electrons. The summed E-state index contributed by atoms with van der Waals surface area (Å²) in [7, 11) is 0. The molecule has 0 spiro atoms. The van der Waals surface area contributed by atoms with Crippen LogP contribution in [0, 0.1) is 0 Å². The van der Waals surface area contributed by atoms with E-state index in [0.717, 1.165) is 0 Å². The van der Waals surface area contributed by atoms with Crippen LogP contribution in [0.2, 0.25) is 0 Å². The lowest BCUT2D eigenvalue weighted by molar-refractivity contribution is -0.0757. The molecule has 0 radical (unpaired) electrons. The third-order valence-electron chi connectivity index (χ3n) is 1.46. The zero-order chi connectivity index (χ0) is 9.90. The first-order valence-corrected chi connectivity index (χ1v) is 4.31. The Hall–Kier alpha value is -0.810. The van der Waals surface area contributed by atoms with E-state index in [-0.39, 0.29) is 12.8 Å². The highest BCUT2D eigenvalue weighted by molar-refractivity contribution is 5.68. The standard InChI is InChI=1S/C8H16N2O3/c1-8(2,3)13-7(11)10-5-4-9-12-6-10/h9H,4-6H2,1-3H3. The maximum atomic E-state index is 11.4. The highest BCUT2D eigenvalue weighted by atomic mass is 16.7. The predicted molar refractivity (Wildman–Crippen MR) is 46.9 cm³/mol. The van der Waals surface area contributed by atoms with Crippen molar-refractivity contribution in [2.75, 3.05) is 19.8 Å². The van der Waals surface area contributed by atoms with Gasteiger partial charge in [0.15, 0.2) is 0 Å². The SMILES string of the molecule is CC(C)(C)OC(=O)N1CCNOC1. The van der Waals surface area contributed by atoms with Crippen molar-refractivity contribution in [1.29, 1.82) is 0 Å². The third-order valence-corrected chi connectivity index (χ3v) is 1.46. The number of carbonyl (C=O) groups excluding carboxylic acids is 1. The molecule has 0 aliphatic carbocycles. The van der Waals surface area contributed by atoms with E-state index in [1.165, 1.54) is 4.90 Å². The largest absolute Gasteiger partial charge is 0.444 e. The Morgan fingerprint density at radius 2 is 2.23 bits per heavy atom. The summed E-state index contributed by atoms with van der Waals surface area (Å²) >= 11 is 0. The normalized spacial score (nSPS) is 18.5. The summed E-state index contributed by atoms with van der Waals surface area (Å²) in [6.07, 6.45) is -0.325. The molecule has 1 amide bonds. The van der Waals surface area contributed by atoms with Crippen molar-refractivity contribution in [3.05, 3.63) is 0 Å². The monoisotopic (exact) mass is 188 g/mol. The van der Waals surface area contributed by atoms with Gasteiger partial charge in [-0.2, -0.15) is 5.48 Å². The van der Waals surface area contributed by atoms with Crippen LogP contribution in [0.4, 0.5) is 4.79 Å². The summed E-state index contributed by atoms with van der Waals surface area (Å²) in [6, 6.07) is 0. The molecule has 1 saturated heterocycles. The van der Waals surface area contributed by atoms with Crippen LogP contribution in [-0.2, 0) is 9.57 Å². The Kier molecular flexibility index (Phi) is 3.11. The summed E-state index contributed by atoms with van der Waals surface area (Å²) in [5.41, 5.74) is 2.24. The Bertz CT molecular complexity index is 182. The van der Waals surface area contributed by atoms with Crippen molar-refractivity contribution >= 4 is 6.09 Å². The lowest BCUT2D eigenvalue weighted by Crippen LogP contribution is -2.46. The number of carbonyl (C=O) groups is 1. The molecule has 1 N–H and O–H groups in total. The first-order valence-electron chi connectivity index (χ1n) is 4.31. The minimum atomic E-state index is -0.443. The Labute approximate surface area is 77.9 Å². The zero-order valence-corrected chi connectivity index (χ0v) is 8.29. The van der Waals surface area contributed by atoms with Gasteiger partial charge in [0, 0.05) is 13.1 Å². The molecule has 0 aromatic rings. The fourth-order valence-corrected chi connectivity index (χ4v) is 0.911. The third kappa shape index (κ3) is 3.61. The molecule has 0 saturated carbocycles. The van der Waals surface area contributed by atoms with Gasteiger partial charge in [-0.25, -0.2) is 4.79 Å². The molecule has 1 heterocycles. The molecule has 1 aliphatic rings. The topological polar surface area (TPSA) is 50.8 Å². The van der Waals surface area contributed by atoms with E-state index in [1.807, 2.05) is 20.8 Å². The van der Waals surface area contributed by atoms with Crippen molar-refractivity contribution < 1.29 is 14.4 Å². The van der Waals surface area contributed by atoms with Crippen LogP contribution in [0.15, 0.2) is 0 Å². The number of ether oxygens (including phenoxy) is 1. The molecule has 1 fully saturated rings. The maximum absolute atomic E-state index is 11.4. The van der Waals surface area contributed by atoms with Gasteiger partial charge >= 0.3 is 6.09 Å². The van der Waals surface area contributed by atoms with Crippen LogP contribution in [0.25, 0.3) is 0 Å². The Balaban J connectivity index is 2.38. The Morgan fingerprint density at radius 3 is 2.69 bits per heavy atom. The molecule has 1 aliphatic heterocycles. The van der Waals surface area contributed by atoms with Crippen LogP contribution in [-0.4, -0.2) is 36.4 Å². The van der Waals surface area contributed by atoms with Crippen molar-refractivity contribution in [3.8, 4) is 0 Å². The number of nitrogens with zero attached hydrogens (tertiary/aromatic N) is 1. The molecule has 0 aromatic heterocycles. The van der Waals surface area contributed by atoms with E-state index < -0.39 is 5.60 Å². The van der Waals surface area contributed by atoms with Crippen LogP contribution in [0.1, 0.15) is 20.8 Å². The highest BCUT2D eigenvalue weighted by Gasteiger charge is 2.23. The van der Waals surface area contributed by atoms with Crippen LogP contribution >= 0.6 is 0 Å². The number of hydroxylamine groups is 1. The average molecular weight is 188 g/mol. The molecular formula is C8H16N2O3. The quantitative estimate of drug-likeness (QED) is 0.608. The Morgan fingerprint density at radius 1 is 1.54 bits per heavy atom. The second kappa shape index (κ2) is 3.93. The molecule has 0 unspecified atom stereocenters. The molecule has 1 rings (SSSR count). The van der Waals surface area contributed by atoms with Crippen LogP contribution in [0.3, 0.4) is 0 Å². The van der Waals surface area contributed by atoms with Gasteiger partial charge in [-0.3, -0.25) is 9.74 Å². The summed E-state index contributed by atoms with van der Waals surface area (Å²) in [4.78, 5) is 17.8. The van der Waals surface area contributed by atoms with Gasteiger partial charge in [0.2, 0.25) is 0 Å². The first-order chi connectivity index (χ1) is 5.99. The minimum Gasteiger partial charge on any atom is -0.444 e. The number of hydrogen-bond acceptors (Lipinski definition) is 4. The fourth-order valence-electron chi connectivity index (χ4n) is 0.911. The van der Waals surface area contributed by atoms with Crippen LogP contribution in [0.5, 0.6) is 0 Å². The van der Waals surface area contributed by atoms with Crippen molar-refractivity contribution in [1.82, 2.24) is 10.4 Å². The summed E-state index contributed by atoms with van der Waals surface area (Å²) in [5, 5.41) is 0. The van der Waals surface area contributed by atoms with E-state index in [4.69, 9.17) is 9.57 Å². The number of nitrogens with one attached hydrogen (secondary N) is 1. The summed E-state index contributed by atoms with van der Waals surface area (Å²) < 4.78 is 5.16. The maximum Gasteiger partial charge on any atom is 0.412 e. The second-order valence-electron chi connectivity index (χ2n) is 3.91. The molecule has 13 heavy (non-hydrogen) atoms. The van der Waals surface area contributed by atoms with Gasteiger partial charge in [-0.15, -0.1) is 0 Å². The molecule has 5 nitrogen and oxygen atoms in total. The molecule has 0 bridgehead atoms. The van der Waals surface area contributed by atoms with Crippen molar-refractivity contribution in [2.24, 2.45) is 0 Å². The molecular weight excluding hydrogens is 172 g/mol. The number of rotatable bonds is 0. The summed E-state index contributed by atoms with van der Waals surface area (Å²) in [5.74, 6) is 0. The predicted octanol–water partition coefficient (Wildman–Crippen LogP) is 0.716. The minimum absolute atomic E-state index is 0.245. The van der Waals surface area contributed by atoms with Gasteiger partial charge in [-0.1, -0.05) is 0 Å². The van der Waals surface area contributed by atoms with Gasteiger partial charge in [0.05, 0.1) is 0 Å². The van der Waals surface area contributed by atoms with Crippen LogP contribution < -0.4 is 5.48 Å². The smallest absolute Gasteiger partial charge is 0.412 e. The molecule has 0 atom stereocenters. The number of hydrogen-bond donors (Lipinski definition) is 1. The average Bonchev–Trinajstić information content (AvgIpc) is 2.03. The highest BCUT2D eigenvalue weighted by Crippen LogP contribution is 2.10. The number of amides is 1. The van der Waals surface area contributed by atoms with Gasteiger partial charge < -0.3 is 4.74 Å². The first kappa shape index (κ1) is 10.3. The molecule has 5 heteroatoms. The zero-order valence-electron chi connectivity index (χ0n) is 8.29. The van der Waals surface area contributed by atoms with Gasteiger partial charge in [0.25, 0.3) is 0 Å². The lowest BCUT2D eigenvalue weighted by Gasteiger charge is -2.29. The van der Waals surface area contributed by atoms with E-state index in [9.17, 15) is 4.79 Å². The lowest BCUT2D eigenvalue weighted by atomic mass is 10.2. The van der Waals surface area contributed by atoms with E-state index >= 15 is 0 Å². The van der Waals surface area contributed by atoms with Crippen molar-refractivity contribution in [3.63, 3.8) is 0 Å². The summed E-state index contributed by atoms with van der Waals surface area (Å²) in [6.45, 7) is 7.03. The van der Waals surface area contributed by atoms with Crippen molar-refractivity contribution in [2.45, 2.75) is 26.4 Å². The van der Waals surface area contributed by atoms with E-state index in [1.54, 1.807) is 0 Å². The van der Waals surface area contributed by atoms with Gasteiger partial charge in [-0.05, 0) is 20.8 Å². The fraction of sp³-hybridized carbons (Fsp3) is 0.875.